The van der Waals surface area contributed by atoms with Gasteiger partial charge in [0, 0.05) is 29.8 Å². The predicted molar refractivity (Wildman–Crippen MR) is 102 cm³/mol. The third-order valence-corrected chi connectivity index (χ3v) is 4.88. The average Bonchev–Trinajstić information content (AvgIpc) is 2.86. The molecule has 1 amide bonds. The second kappa shape index (κ2) is 8.00. The minimum Gasteiger partial charge on any atom is -0.363 e. The van der Waals surface area contributed by atoms with Crippen molar-refractivity contribution in [1.82, 2.24) is 9.80 Å². The monoisotopic (exact) mass is 360 g/mol. The van der Waals surface area contributed by atoms with E-state index in [-0.39, 0.29) is 18.3 Å². The van der Waals surface area contributed by atoms with Crippen LogP contribution in [0, 0.1) is 0 Å². The Morgan fingerprint density at radius 1 is 1.00 bits per heavy atom. The molecule has 0 radical (unpaired) electrons. The molecule has 0 bridgehead atoms. The minimum absolute atomic E-state index is 0. The molecule has 1 heterocycles. The van der Waals surface area contributed by atoms with Gasteiger partial charge in [-0.1, -0.05) is 62.4 Å². The fourth-order valence-electron chi connectivity index (χ4n) is 3.44. The first-order chi connectivity index (χ1) is 11.6. The van der Waals surface area contributed by atoms with Crippen molar-refractivity contribution in [3.05, 3.63) is 71.3 Å². The number of nitrogens with zero attached hydrogens (tertiary/aromatic N) is 2. The van der Waals surface area contributed by atoms with Crippen LogP contribution in [0.15, 0.2) is 54.6 Å². The van der Waals surface area contributed by atoms with Gasteiger partial charge in [0.05, 0.1) is 0 Å². The fraction of sp³-hybridized carbons (Fsp3) is 0.350. The molecule has 1 aliphatic heterocycles. The van der Waals surface area contributed by atoms with Gasteiger partial charge in [0.25, 0.3) is 5.91 Å². The SMILES string of the molecule is CCN(CC)CCN1C(=O)c2ccccc2C1(O)c1ccccc1.Cl. The van der Waals surface area contributed by atoms with E-state index in [1.165, 1.54) is 0 Å². The topological polar surface area (TPSA) is 43.8 Å². The van der Waals surface area contributed by atoms with Crippen molar-refractivity contribution in [3.8, 4) is 0 Å². The maximum atomic E-state index is 12.9. The van der Waals surface area contributed by atoms with Crippen molar-refractivity contribution in [3.63, 3.8) is 0 Å². The lowest BCUT2D eigenvalue weighted by atomic mass is 9.94. The highest BCUT2D eigenvalue weighted by molar-refractivity contribution is 6.00. The maximum absolute atomic E-state index is 12.9. The van der Waals surface area contributed by atoms with Crippen molar-refractivity contribution in [2.45, 2.75) is 19.6 Å². The average molecular weight is 361 g/mol. The van der Waals surface area contributed by atoms with E-state index in [4.69, 9.17) is 0 Å². The molecular weight excluding hydrogens is 336 g/mol. The Hall–Kier alpha value is -1.88. The van der Waals surface area contributed by atoms with Crippen LogP contribution in [0.3, 0.4) is 0 Å². The summed E-state index contributed by atoms with van der Waals surface area (Å²) in [6, 6.07) is 16.8. The summed E-state index contributed by atoms with van der Waals surface area (Å²) in [5.41, 5.74) is 0.578. The lowest BCUT2D eigenvalue weighted by molar-refractivity contribution is -0.0524. The summed E-state index contributed by atoms with van der Waals surface area (Å²) in [6.07, 6.45) is 0. The molecule has 2 aromatic carbocycles. The maximum Gasteiger partial charge on any atom is 0.257 e. The first-order valence-electron chi connectivity index (χ1n) is 8.54. The zero-order chi connectivity index (χ0) is 17.2. The van der Waals surface area contributed by atoms with Gasteiger partial charge in [-0.3, -0.25) is 4.79 Å². The summed E-state index contributed by atoms with van der Waals surface area (Å²) in [4.78, 5) is 16.8. The summed E-state index contributed by atoms with van der Waals surface area (Å²) in [7, 11) is 0. The standard InChI is InChI=1S/C20H24N2O2.ClH/c1-3-21(4-2)14-15-22-19(23)17-12-8-9-13-18(17)20(22,24)16-10-6-5-7-11-16;/h5-13,24H,3-4,14-15H2,1-2H3;1H. The summed E-state index contributed by atoms with van der Waals surface area (Å²) in [5.74, 6) is -0.107. The number of likely N-dealkylation sites (N-methyl/N-ethyl adjacent to an activating group) is 1. The van der Waals surface area contributed by atoms with Crippen LogP contribution in [0.2, 0.25) is 0 Å². The van der Waals surface area contributed by atoms with Gasteiger partial charge in [-0.2, -0.15) is 0 Å². The number of carbonyl (C=O) groups is 1. The zero-order valence-corrected chi connectivity index (χ0v) is 15.5. The van der Waals surface area contributed by atoms with E-state index in [2.05, 4.69) is 18.7 Å². The summed E-state index contributed by atoms with van der Waals surface area (Å²) in [5, 5.41) is 11.6. The van der Waals surface area contributed by atoms with Crippen LogP contribution in [-0.4, -0.2) is 47.0 Å². The van der Waals surface area contributed by atoms with E-state index >= 15 is 0 Å². The number of halogens is 1. The van der Waals surface area contributed by atoms with Crippen molar-refractivity contribution >= 4 is 18.3 Å². The molecule has 0 saturated heterocycles. The fourth-order valence-corrected chi connectivity index (χ4v) is 3.44. The van der Waals surface area contributed by atoms with Gasteiger partial charge in [-0.05, 0) is 19.2 Å². The number of amides is 1. The minimum atomic E-state index is -1.40. The first-order valence-corrected chi connectivity index (χ1v) is 8.54. The van der Waals surface area contributed by atoms with Crippen LogP contribution in [0.5, 0.6) is 0 Å². The molecule has 2 aromatic rings. The van der Waals surface area contributed by atoms with E-state index < -0.39 is 5.72 Å². The molecule has 1 unspecified atom stereocenters. The quantitative estimate of drug-likeness (QED) is 0.860. The van der Waals surface area contributed by atoms with Gasteiger partial charge < -0.3 is 14.9 Å². The van der Waals surface area contributed by atoms with Crippen LogP contribution in [0.4, 0.5) is 0 Å². The molecule has 3 rings (SSSR count). The van der Waals surface area contributed by atoms with Crippen molar-refractivity contribution in [2.75, 3.05) is 26.2 Å². The van der Waals surface area contributed by atoms with E-state index in [0.717, 1.165) is 25.2 Å². The molecule has 1 atom stereocenters. The van der Waals surface area contributed by atoms with Crippen molar-refractivity contribution in [2.24, 2.45) is 0 Å². The van der Waals surface area contributed by atoms with Gasteiger partial charge >= 0.3 is 0 Å². The van der Waals surface area contributed by atoms with Crippen LogP contribution in [-0.2, 0) is 5.72 Å². The summed E-state index contributed by atoms with van der Waals surface area (Å²) < 4.78 is 0. The smallest absolute Gasteiger partial charge is 0.257 e. The van der Waals surface area contributed by atoms with Gasteiger partial charge in [0.2, 0.25) is 0 Å². The van der Waals surface area contributed by atoms with Gasteiger partial charge in [-0.15, -0.1) is 12.4 Å². The molecule has 0 aromatic heterocycles. The third-order valence-electron chi connectivity index (χ3n) is 4.88. The Morgan fingerprint density at radius 3 is 2.24 bits per heavy atom. The number of fused-ring (bicyclic) bond motifs is 1. The Kier molecular flexibility index (Phi) is 6.22. The molecule has 1 aliphatic rings. The number of hydrogen-bond donors (Lipinski definition) is 1. The van der Waals surface area contributed by atoms with Gasteiger partial charge in [0.1, 0.15) is 0 Å². The first kappa shape index (κ1) is 19.4. The van der Waals surface area contributed by atoms with Gasteiger partial charge in [0.15, 0.2) is 5.72 Å². The number of carbonyl (C=O) groups excluding carboxylic acids is 1. The number of hydrogen-bond acceptors (Lipinski definition) is 3. The highest BCUT2D eigenvalue weighted by Gasteiger charge is 2.49. The number of rotatable bonds is 6. The van der Waals surface area contributed by atoms with E-state index in [1.54, 1.807) is 11.0 Å². The zero-order valence-electron chi connectivity index (χ0n) is 14.7. The molecule has 4 nitrogen and oxygen atoms in total. The molecular formula is C20H25ClN2O2. The largest absolute Gasteiger partial charge is 0.363 e. The Bertz CT molecular complexity index is 719. The lowest BCUT2D eigenvalue weighted by Crippen LogP contribution is -2.48. The molecule has 0 fully saturated rings. The Balaban J connectivity index is 0.00000225. The molecule has 134 valence electrons. The normalized spacial score (nSPS) is 19.0. The van der Waals surface area contributed by atoms with Crippen LogP contribution < -0.4 is 0 Å². The Labute approximate surface area is 155 Å². The predicted octanol–water partition coefficient (Wildman–Crippen LogP) is 3.10. The Morgan fingerprint density at radius 2 is 1.60 bits per heavy atom. The lowest BCUT2D eigenvalue weighted by Gasteiger charge is -2.36. The highest BCUT2D eigenvalue weighted by Crippen LogP contribution is 2.41. The highest BCUT2D eigenvalue weighted by atomic mass is 35.5. The van der Waals surface area contributed by atoms with E-state index in [1.807, 2.05) is 48.5 Å². The van der Waals surface area contributed by atoms with Crippen molar-refractivity contribution < 1.29 is 9.90 Å². The number of benzene rings is 2. The van der Waals surface area contributed by atoms with Gasteiger partial charge in [-0.25, -0.2) is 0 Å². The molecule has 0 saturated carbocycles. The number of aliphatic hydroxyl groups is 1. The van der Waals surface area contributed by atoms with E-state index in [0.29, 0.717) is 17.7 Å². The van der Waals surface area contributed by atoms with Crippen LogP contribution in [0.1, 0.15) is 35.3 Å². The molecule has 5 heteroatoms. The second-order valence-corrected chi connectivity index (χ2v) is 6.07. The summed E-state index contributed by atoms with van der Waals surface area (Å²) >= 11 is 0. The van der Waals surface area contributed by atoms with Crippen LogP contribution in [0.25, 0.3) is 0 Å². The second-order valence-electron chi connectivity index (χ2n) is 6.07. The molecule has 1 N–H and O–H groups in total. The molecule has 25 heavy (non-hydrogen) atoms. The van der Waals surface area contributed by atoms with E-state index in [9.17, 15) is 9.90 Å². The molecule has 0 aliphatic carbocycles. The van der Waals surface area contributed by atoms with Crippen LogP contribution >= 0.6 is 12.4 Å². The van der Waals surface area contributed by atoms with Crippen molar-refractivity contribution in [1.29, 1.82) is 0 Å². The summed E-state index contributed by atoms with van der Waals surface area (Å²) in [6.45, 7) is 7.29. The third kappa shape index (κ3) is 3.30. The molecule has 0 spiro atoms.